The number of aromatic nitrogens is 2. The fourth-order valence-electron chi connectivity index (χ4n) is 2.80. The summed E-state index contributed by atoms with van der Waals surface area (Å²) in [6, 6.07) is 5.26. The number of sulfonamides is 1. The van der Waals surface area contributed by atoms with Crippen LogP contribution in [0.3, 0.4) is 0 Å². The number of primary sulfonamides is 1. The fraction of sp³-hybridized carbons (Fsp3) is 0.267. The summed E-state index contributed by atoms with van der Waals surface area (Å²) in [5, 5.41) is 8.54. The number of hydrazine groups is 1. The smallest absolute Gasteiger partial charge is 0.256 e. The Morgan fingerprint density at radius 1 is 1.22 bits per heavy atom. The minimum atomic E-state index is -4.14. The van der Waals surface area contributed by atoms with Crippen LogP contribution in [-0.2, 0) is 14.8 Å². The predicted octanol–water partition coefficient (Wildman–Crippen LogP) is -1.29. The first-order valence-corrected chi connectivity index (χ1v) is 9.56. The SMILES string of the molecule is NN/N=C(\N)c1c(-c2ccc(N3CCOCC3)nc2)ccnc1S(N)(=O)=O. The standard InChI is InChI=1S/C15H20N8O3S/c16-14(21-22-17)13-11(3-4-19-15(13)27(18,24)25)10-1-2-12(20-9-10)23-5-7-26-8-6-23/h1-4,9,22H,5-8,17H2,(H2,16,21)(H2,18,24,25). The minimum absolute atomic E-state index is 0.0545. The van der Waals surface area contributed by atoms with E-state index >= 15 is 0 Å². The van der Waals surface area contributed by atoms with Gasteiger partial charge in [-0.15, -0.1) is 5.10 Å². The molecule has 27 heavy (non-hydrogen) atoms. The van der Waals surface area contributed by atoms with Crippen molar-refractivity contribution in [3.63, 3.8) is 0 Å². The van der Waals surface area contributed by atoms with Gasteiger partial charge in [-0.1, -0.05) is 0 Å². The summed E-state index contributed by atoms with van der Waals surface area (Å²) < 4.78 is 29.2. The first-order chi connectivity index (χ1) is 12.9. The van der Waals surface area contributed by atoms with Crippen molar-refractivity contribution >= 4 is 21.7 Å². The lowest BCUT2D eigenvalue weighted by Crippen LogP contribution is -2.36. The van der Waals surface area contributed by atoms with Crippen molar-refractivity contribution in [2.75, 3.05) is 31.2 Å². The molecular weight excluding hydrogens is 372 g/mol. The van der Waals surface area contributed by atoms with E-state index in [1.807, 2.05) is 17.7 Å². The molecule has 0 atom stereocenters. The Labute approximate surface area is 156 Å². The third-order valence-corrected chi connectivity index (χ3v) is 4.87. The number of nitrogens with zero attached hydrogens (tertiary/aromatic N) is 4. The number of anilines is 1. The van der Waals surface area contributed by atoms with Crippen molar-refractivity contribution in [1.82, 2.24) is 15.5 Å². The zero-order valence-electron chi connectivity index (χ0n) is 14.4. The van der Waals surface area contributed by atoms with E-state index in [9.17, 15) is 8.42 Å². The van der Waals surface area contributed by atoms with Crippen LogP contribution in [0.1, 0.15) is 5.56 Å². The van der Waals surface area contributed by atoms with Gasteiger partial charge in [0, 0.05) is 31.0 Å². The van der Waals surface area contributed by atoms with Gasteiger partial charge in [0.15, 0.2) is 10.9 Å². The molecule has 144 valence electrons. The summed E-state index contributed by atoms with van der Waals surface area (Å²) in [5.74, 6) is 5.81. The number of rotatable bonds is 5. The number of hydrogen-bond acceptors (Lipinski definition) is 9. The molecular formula is C15H20N8O3S. The van der Waals surface area contributed by atoms with Gasteiger partial charge in [-0.3, -0.25) is 0 Å². The molecule has 1 fully saturated rings. The van der Waals surface area contributed by atoms with E-state index in [2.05, 4.69) is 20.0 Å². The van der Waals surface area contributed by atoms with Crippen LogP contribution >= 0.6 is 0 Å². The van der Waals surface area contributed by atoms with Crippen molar-refractivity contribution < 1.29 is 13.2 Å². The van der Waals surface area contributed by atoms with E-state index in [0.29, 0.717) is 24.3 Å². The highest BCUT2D eigenvalue weighted by Gasteiger charge is 2.23. The number of amidine groups is 1. The Kier molecular flexibility index (Phi) is 5.51. The lowest BCUT2D eigenvalue weighted by molar-refractivity contribution is 0.122. The molecule has 3 heterocycles. The van der Waals surface area contributed by atoms with Crippen LogP contribution in [0.2, 0.25) is 0 Å². The lowest BCUT2D eigenvalue weighted by Gasteiger charge is -2.27. The Hall–Kier alpha value is -2.80. The molecule has 1 aliphatic heterocycles. The van der Waals surface area contributed by atoms with E-state index < -0.39 is 15.0 Å². The topological polar surface area (TPSA) is 175 Å². The second-order valence-electron chi connectivity index (χ2n) is 5.71. The highest BCUT2D eigenvalue weighted by atomic mass is 32.2. The van der Waals surface area contributed by atoms with Crippen LogP contribution < -0.4 is 27.2 Å². The average Bonchev–Trinajstić information content (AvgIpc) is 2.68. The molecule has 2 aromatic rings. The molecule has 0 aliphatic carbocycles. The normalized spacial score (nSPS) is 15.6. The number of hydrogen-bond donors (Lipinski definition) is 4. The third-order valence-electron chi connectivity index (χ3n) is 4.02. The quantitative estimate of drug-likeness (QED) is 0.209. The molecule has 3 rings (SSSR count). The largest absolute Gasteiger partial charge is 0.382 e. The second-order valence-corrected chi connectivity index (χ2v) is 7.19. The molecule has 11 nitrogen and oxygen atoms in total. The summed E-state index contributed by atoms with van der Waals surface area (Å²) in [6.45, 7) is 2.80. The molecule has 0 saturated carbocycles. The Bertz CT molecular complexity index is 940. The number of morpholine rings is 1. The van der Waals surface area contributed by atoms with Gasteiger partial charge < -0.3 is 15.4 Å². The molecule has 0 amide bonds. The van der Waals surface area contributed by atoms with Crippen LogP contribution in [0.15, 0.2) is 40.7 Å². The van der Waals surface area contributed by atoms with Gasteiger partial charge in [0.1, 0.15) is 5.82 Å². The second kappa shape index (κ2) is 7.84. The first-order valence-electron chi connectivity index (χ1n) is 8.02. The maximum atomic E-state index is 11.9. The summed E-state index contributed by atoms with van der Waals surface area (Å²) in [4.78, 5) is 10.4. The van der Waals surface area contributed by atoms with Crippen LogP contribution in [0.5, 0.6) is 0 Å². The van der Waals surface area contributed by atoms with Crippen molar-refractivity contribution in [3.05, 3.63) is 36.2 Å². The number of pyridine rings is 2. The number of ether oxygens (including phenoxy) is 1. The zero-order valence-corrected chi connectivity index (χ0v) is 15.2. The van der Waals surface area contributed by atoms with Gasteiger partial charge in [0.2, 0.25) is 0 Å². The molecule has 1 saturated heterocycles. The summed E-state index contributed by atoms with van der Waals surface area (Å²) >= 11 is 0. The van der Waals surface area contributed by atoms with Gasteiger partial charge in [-0.25, -0.2) is 34.9 Å². The van der Waals surface area contributed by atoms with E-state index in [4.69, 9.17) is 21.5 Å². The molecule has 12 heteroatoms. The van der Waals surface area contributed by atoms with Crippen LogP contribution in [-0.4, -0.2) is 50.5 Å². The van der Waals surface area contributed by atoms with E-state index in [1.54, 1.807) is 12.3 Å². The number of hydrazone groups is 1. The Balaban J connectivity index is 2.07. The Morgan fingerprint density at radius 3 is 2.56 bits per heavy atom. The third kappa shape index (κ3) is 4.14. The van der Waals surface area contributed by atoms with E-state index in [0.717, 1.165) is 18.9 Å². The highest BCUT2D eigenvalue weighted by molar-refractivity contribution is 7.89. The van der Waals surface area contributed by atoms with Crippen LogP contribution in [0.25, 0.3) is 11.1 Å². The van der Waals surface area contributed by atoms with Crippen molar-refractivity contribution in [1.29, 1.82) is 0 Å². The van der Waals surface area contributed by atoms with Crippen LogP contribution in [0, 0.1) is 0 Å². The first kappa shape index (κ1) is 19.0. The minimum Gasteiger partial charge on any atom is -0.382 e. The molecule has 0 spiro atoms. The lowest BCUT2D eigenvalue weighted by atomic mass is 10.0. The van der Waals surface area contributed by atoms with E-state index in [1.165, 1.54) is 6.20 Å². The van der Waals surface area contributed by atoms with Crippen molar-refractivity contribution in [2.45, 2.75) is 5.03 Å². The molecule has 2 aromatic heterocycles. The summed E-state index contributed by atoms with van der Waals surface area (Å²) in [6.07, 6.45) is 2.96. The molecule has 7 N–H and O–H groups in total. The van der Waals surface area contributed by atoms with Gasteiger partial charge in [0.25, 0.3) is 10.0 Å². The van der Waals surface area contributed by atoms with Gasteiger partial charge in [0.05, 0.1) is 18.8 Å². The monoisotopic (exact) mass is 392 g/mol. The maximum absolute atomic E-state index is 11.9. The van der Waals surface area contributed by atoms with Gasteiger partial charge in [-0.05, 0) is 23.8 Å². The summed E-state index contributed by atoms with van der Waals surface area (Å²) in [7, 11) is -4.14. The van der Waals surface area contributed by atoms with Crippen molar-refractivity contribution in [3.8, 4) is 11.1 Å². The highest BCUT2D eigenvalue weighted by Crippen LogP contribution is 2.27. The van der Waals surface area contributed by atoms with Crippen LogP contribution in [0.4, 0.5) is 5.82 Å². The average molecular weight is 392 g/mol. The Morgan fingerprint density at radius 2 is 1.96 bits per heavy atom. The number of nitrogens with two attached hydrogens (primary N) is 3. The molecule has 0 unspecified atom stereocenters. The predicted molar refractivity (Wildman–Crippen MR) is 99.9 cm³/mol. The molecule has 0 aromatic carbocycles. The molecule has 1 aliphatic rings. The zero-order chi connectivity index (χ0) is 19.4. The number of nitrogens with one attached hydrogen (secondary N) is 1. The summed E-state index contributed by atoms with van der Waals surface area (Å²) in [5.41, 5.74) is 9.08. The van der Waals surface area contributed by atoms with Crippen molar-refractivity contribution in [2.24, 2.45) is 21.8 Å². The van der Waals surface area contributed by atoms with Gasteiger partial charge >= 0.3 is 0 Å². The van der Waals surface area contributed by atoms with E-state index in [-0.39, 0.29) is 11.4 Å². The van der Waals surface area contributed by atoms with Gasteiger partial charge in [-0.2, -0.15) is 0 Å². The maximum Gasteiger partial charge on any atom is 0.256 e. The molecule has 0 bridgehead atoms. The molecule has 0 radical (unpaired) electrons. The fourth-order valence-corrected chi connectivity index (χ4v) is 3.50.